The van der Waals surface area contributed by atoms with Crippen molar-refractivity contribution in [1.29, 1.82) is 0 Å². The Morgan fingerprint density at radius 1 is 1.25 bits per heavy atom. The molecule has 3 aromatic rings. The summed E-state index contributed by atoms with van der Waals surface area (Å²) in [6.07, 6.45) is 3.95. The van der Waals surface area contributed by atoms with E-state index in [4.69, 9.17) is 11.6 Å². The Hall–Kier alpha value is -1.65. The van der Waals surface area contributed by atoms with Gasteiger partial charge in [0.25, 0.3) is 0 Å². The summed E-state index contributed by atoms with van der Waals surface area (Å²) in [7, 11) is 0. The lowest BCUT2D eigenvalue weighted by atomic mass is 10.1. The van der Waals surface area contributed by atoms with E-state index in [1.807, 2.05) is 34.5 Å². The number of rotatable bonds is 4. The molecule has 1 atom stereocenters. The molecule has 3 nitrogen and oxygen atoms in total. The zero-order chi connectivity index (χ0) is 13.9. The molecule has 0 bridgehead atoms. The fraction of sp³-hybridized carbons (Fsp3) is 0.200. The van der Waals surface area contributed by atoms with Crippen LogP contribution in [0.5, 0.6) is 0 Å². The smallest absolute Gasteiger partial charge is 0.117 e. The van der Waals surface area contributed by atoms with E-state index in [0.717, 1.165) is 16.3 Å². The van der Waals surface area contributed by atoms with Crippen molar-refractivity contribution in [2.75, 3.05) is 0 Å². The maximum Gasteiger partial charge on any atom is 0.117 e. The lowest BCUT2D eigenvalue weighted by molar-refractivity contribution is 0.561. The quantitative estimate of drug-likeness (QED) is 0.671. The van der Waals surface area contributed by atoms with Crippen LogP contribution in [0.15, 0.2) is 48.1 Å². The van der Waals surface area contributed by atoms with E-state index in [1.165, 1.54) is 5.56 Å². The molecule has 0 N–H and O–H groups in total. The first-order valence-electron chi connectivity index (χ1n) is 6.38. The number of alkyl halides is 1. The van der Waals surface area contributed by atoms with Crippen molar-refractivity contribution in [3.63, 3.8) is 0 Å². The maximum atomic E-state index is 5.80. The summed E-state index contributed by atoms with van der Waals surface area (Å²) in [6, 6.07) is 10.4. The molecule has 1 aromatic carbocycles. The molecule has 0 saturated heterocycles. The summed E-state index contributed by atoms with van der Waals surface area (Å²) in [6.45, 7) is 2.10. The van der Waals surface area contributed by atoms with Crippen LogP contribution in [0.2, 0.25) is 0 Å². The van der Waals surface area contributed by atoms with Crippen LogP contribution >= 0.6 is 22.9 Å². The van der Waals surface area contributed by atoms with E-state index < -0.39 is 0 Å². The van der Waals surface area contributed by atoms with Gasteiger partial charge in [-0.05, 0) is 12.5 Å². The summed E-state index contributed by atoms with van der Waals surface area (Å²) in [5.41, 5.74) is 3.21. The second-order valence-corrected chi connectivity index (χ2v) is 5.72. The molecule has 1 unspecified atom stereocenters. The monoisotopic (exact) mass is 303 g/mol. The lowest BCUT2D eigenvalue weighted by Crippen LogP contribution is -2.06. The molecule has 0 spiro atoms. The number of thiazole rings is 1. The predicted molar refractivity (Wildman–Crippen MR) is 83.1 cm³/mol. The SMILES string of the molecule is CC(c1nc(CCl)cs1)n1cc(-c2ccccc2)cn1. The van der Waals surface area contributed by atoms with Gasteiger partial charge in [-0.15, -0.1) is 22.9 Å². The standard InChI is InChI=1S/C15H14ClN3S/c1-11(15-18-14(7-16)10-20-15)19-9-13(8-17-19)12-5-3-2-4-6-12/h2-6,8-11H,7H2,1H3. The van der Waals surface area contributed by atoms with E-state index in [0.29, 0.717) is 5.88 Å². The Bertz CT molecular complexity index is 690. The van der Waals surface area contributed by atoms with Gasteiger partial charge in [0.1, 0.15) is 11.0 Å². The molecule has 3 rings (SSSR count). The highest BCUT2D eigenvalue weighted by Crippen LogP contribution is 2.25. The minimum atomic E-state index is 0.120. The summed E-state index contributed by atoms with van der Waals surface area (Å²) in [5, 5.41) is 7.49. The third-order valence-electron chi connectivity index (χ3n) is 3.17. The highest BCUT2D eigenvalue weighted by Gasteiger charge is 2.13. The van der Waals surface area contributed by atoms with Crippen molar-refractivity contribution < 1.29 is 0 Å². The molecule has 102 valence electrons. The van der Waals surface area contributed by atoms with Crippen molar-refractivity contribution >= 4 is 22.9 Å². The Morgan fingerprint density at radius 3 is 2.75 bits per heavy atom. The van der Waals surface area contributed by atoms with Gasteiger partial charge in [0.2, 0.25) is 0 Å². The molecular formula is C15H14ClN3S. The van der Waals surface area contributed by atoms with Crippen LogP contribution in [-0.2, 0) is 5.88 Å². The van der Waals surface area contributed by atoms with Gasteiger partial charge >= 0.3 is 0 Å². The van der Waals surface area contributed by atoms with Crippen LogP contribution in [0, 0.1) is 0 Å². The molecule has 0 radical (unpaired) electrons. The van der Waals surface area contributed by atoms with E-state index >= 15 is 0 Å². The summed E-state index contributed by atoms with van der Waals surface area (Å²) in [5.74, 6) is 0.456. The van der Waals surface area contributed by atoms with Gasteiger partial charge in [-0.2, -0.15) is 5.10 Å². The molecule has 2 aromatic heterocycles. The fourth-order valence-electron chi connectivity index (χ4n) is 2.02. The zero-order valence-electron chi connectivity index (χ0n) is 11.0. The third kappa shape index (κ3) is 2.62. The van der Waals surface area contributed by atoms with Crippen LogP contribution in [0.3, 0.4) is 0 Å². The average molecular weight is 304 g/mol. The van der Waals surface area contributed by atoms with E-state index in [-0.39, 0.29) is 6.04 Å². The van der Waals surface area contributed by atoms with Gasteiger partial charge in [-0.25, -0.2) is 4.98 Å². The lowest BCUT2D eigenvalue weighted by Gasteiger charge is -2.08. The maximum absolute atomic E-state index is 5.80. The van der Waals surface area contributed by atoms with Gasteiger partial charge < -0.3 is 0 Å². The fourth-order valence-corrected chi connectivity index (χ4v) is 3.11. The molecule has 0 aliphatic carbocycles. The molecule has 0 amide bonds. The Morgan fingerprint density at radius 2 is 2.05 bits per heavy atom. The zero-order valence-corrected chi connectivity index (χ0v) is 12.6. The molecule has 2 heterocycles. The number of halogens is 1. The van der Waals surface area contributed by atoms with Gasteiger partial charge in [0, 0.05) is 17.1 Å². The van der Waals surface area contributed by atoms with Crippen molar-refractivity contribution in [2.24, 2.45) is 0 Å². The molecule has 5 heteroatoms. The Kier molecular flexibility index (Phi) is 3.85. The minimum absolute atomic E-state index is 0.120. The number of hydrogen-bond acceptors (Lipinski definition) is 3. The van der Waals surface area contributed by atoms with E-state index in [2.05, 4.69) is 35.3 Å². The van der Waals surface area contributed by atoms with Crippen LogP contribution in [-0.4, -0.2) is 14.8 Å². The molecule has 0 fully saturated rings. The summed E-state index contributed by atoms with van der Waals surface area (Å²) < 4.78 is 1.94. The topological polar surface area (TPSA) is 30.7 Å². The number of nitrogens with zero attached hydrogens (tertiary/aromatic N) is 3. The number of aromatic nitrogens is 3. The second-order valence-electron chi connectivity index (χ2n) is 4.56. The number of hydrogen-bond donors (Lipinski definition) is 0. The van der Waals surface area contributed by atoms with E-state index in [1.54, 1.807) is 11.3 Å². The molecule has 0 aliphatic rings. The van der Waals surface area contributed by atoms with Crippen molar-refractivity contribution in [2.45, 2.75) is 18.8 Å². The Balaban J connectivity index is 1.86. The van der Waals surface area contributed by atoms with Gasteiger partial charge in [-0.3, -0.25) is 4.68 Å². The second kappa shape index (κ2) is 5.77. The largest absolute Gasteiger partial charge is 0.262 e. The average Bonchev–Trinajstić information content (AvgIpc) is 3.17. The first kappa shape index (κ1) is 13.3. The normalized spacial score (nSPS) is 12.5. The summed E-state index contributed by atoms with van der Waals surface area (Å²) >= 11 is 7.42. The van der Waals surface area contributed by atoms with Crippen molar-refractivity contribution in [3.05, 3.63) is 58.8 Å². The Labute approximate surface area is 126 Å². The highest BCUT2D eigenvalue weighted by molar-refractivity contribution is 7.09. The molecule has 0 saturated carbocycles. The van der Waals surface area contributed by atoms with E-state index in [9.17, 15) is 0 Å². The highest BCUT2D eigenvalue weighted by atomic mass is 35.5. The van der Waals surface area contributed by atoms with Crippen molar-refractivity contribution in [1.82, 2.24) is 14.8 Å². The third-order valence-corrected chi connectivity index (χ3v) is 4.51. The molecule has 0 aliphatic heterocycles. The van der Waals surface area contributed by atoms with Crippen LogP contribution in [0.1, 0.15) is 23.7 Å². The van der Waals surface area contributed by atoms with Gasteiger partial charge in [0.15, 0.2) is 0 Å². The predicted octanol–water partition coefficient (Wildman–Crippen LogP) is 4.35. The van der Waals surface area contributed by atoms with Crippen molar-refractivity contribution in [3.8, 4) is 11.1 Å². The van der Waals surface area contributed by atoms with Gasteiger partial charge in [-0.1, -0.05) is 30.3 Å². The number of benzene rings is 1. The van der Waals surface area contributed by atoms with Crippen LogP contribution in [0.25, 0.3) is 11.1 Å². The molecule has 20 heavy (non-hydrogen) atoms. The minimum Gasteiger partial charge on any atom is -0.262 e. The van der Waals surface area contributed by atoms with Crippen LogP contribution < -0.4 is 0 Å². The van der Waals surface area contributed by atoms with Crippen LogP contribution in [0.4, 0.5) is 0 Å². The molecular weight excluding hydrogens is 290 g/mol. The van der Waals surface area contributed by atoms with Gasteiger partial charge in [0.05, 0.1) is 17.8 Å². The summed E-state index contributed by atoms with van der Waals surface area (Å²) in [4.78, 5) is 4.51. The first-order valence-corrected chi connectivity index (χ1v) is 7.79. The first-order chi connectivity index (χ1) is 9.78.